The van der Waals surface area contributed by atoms with Gasteiger partial charge in [0.05, 0.1) is 19.4 Å². The number of anilines is 1. The molecule has 174 valence electrons. The summed E-state index contributed by atoms with van der Waals surface area (Å²) < 4.78 is 5.28. The van der Waals surface area contributed by atoms with E-state index in [1.807, 2.05) is 38.2 Å². The van der Waals surface area contributed by atoms with Gasteiger partial charge in [0.25, 0.3) is 0 Å². The number of ketones is 1. The minimum atomic E-state index is -0.0177. The SMILES string of the molecule is C=C(CNC=O)N(CC)OCc1cc(C(C)=O)ccc1OC.CNCc1ccc(N)cc1. The smallest absolute Gasteiger partial charge is 0.207 e. The number of ether oxygens (including phenoxy) is 1. The average Bonchev–Trinajstić information content (AvgIpc) is 2.80. The fourth-order valence-corrected chi connectivity index (χ4v) is 2.75. The molecule has 0 aromatic heterocycles. The highest BCUT2D eigenvalue weighted by molar-refractivity contribution is 5.94. The molecule has 2 aromatic rings. The lowest BCUT2D eigenvalue weighted by Crippen LogP contribution is -2.29. The molecule has 0 unspecified atom stereocenters. The van der Waals surface area contributed by atoms with Crippen molar-refractivity contribution in [2.24, 2.45) is 0 Å². The van der Waals surface area contributed by atoms with E-state index in [9.17, 15) is 9.59 Å². The molecular weight excluding hydrogens is 408 g/mol. The number of nitrogens with one attached hydrogen (secondary N) is 2. The van der Waals surface area contributed by atoms with Crippen molar-refractivity contribution in [3.05, 3.63) is 71.4 Å². The van der Waals surface area contributed by atoms with Crippen LogP contribution in [0.25, 0.3) is 0 Å². The van der Waals surface area contributed by atoms with Gasteiger partial charge in [0.15, 0.2) is 5.78 Å². The van der Waals surface area contributed by atoms with E-state index in [0.717, 1.165) is 17.8 Å². The van der Waals surface area contributed by atoms with E-state index in [2.05, 4.69) is 17.2 Å². The number of hydrogen-bond donors (Lipinski definition) is 3. The van der Waals surface area contributed by atoms with Gasteiger partial charge in [-0.2, -0.15) is 0 Å². The van der Waals surface area contributed by atoms with Gasteiger partial charge >= 0.3 is 0 Å². The lowest BCUT2D eigenvalue weighted by atomic mass is 10.1. The van der Waals surface area contributed by atoms with Crippen molar-refractivity contribution < 1.29 is 19.2 Å². The minimum Gasteiger partial charge on any atom is -0.496 e. The quantitative estimate of drug-likeness (QED) is 0.201. The first kappa shape index (κ1) is 26.7. The largest absolute Gasteiger partial charge is 0.496 e. The number of Topliss-reactive ketones (excluding diaryl/α,β-unsaturated/α-hetero) is 1. The summed E-state index contributed by atoms with van der Waals surface area (Å²) in [5.74, 6) is 0.633. The highest BCUT2D eigenvalue weighted by atomic mass is 16.7. The minimum absolute atomic E-state index is 0.0177. The summed E-state index contributed by atoms with van der Waals surface area (Å²) in [4.78, 5) is 27.5. The van der Waals surface area contributed by atoms with E-state index in [1.54, 1.807) is 30.4 Å². The molecule has 8 nitrogen and oxygen atoms in total. The van der Waals surface area contributed by atoms with Crippen LogP contribution < -0.4 is 21.1 Å². The number of hydrogen-bond acceptors (Lipinski definition) is 7. The Morgan fingerprint density at radius 1 is 1.22 bits per heavy atom. The Balaban J connectivity index is 0.000000425. The highest BCUT2D eigenvalue weighted by Gasteiger charge is 2.11. The van der Waals surface area contributed by atoms with Crippen molar-refractivity contribution in [1.82, 2.24) is 15.7 Å². The zero-order chi connectivity index (χ0) is 23.9. The van der Waals surface area contributed by atoms with Crippen LogP contribution in [-0.2, 0) is 22.8 Å². The number of methoxy groups -OCH3 is 1. The van der Waals surface area contributed by atoms with Crippen LogP contribution in [0.5, 0.6) is 5.75 Å². The number of amides is 1. The number of nitrogens with zero attached hydrogens (tertiary/aromatic N) is 1. The summed E-state index contributed by atoms with van der Waals surface area (Å²) in [6.07, 6.45) is 0.610. The van der Waals surface area contributed by atoms with Gasteiger partial charge in [-0.3, -0.25) is 19.5 Å². The first-order valence-electron chi connectivity index (χ1n) is 10.3. The first-order chi connectivity index (χ1) is 15.4. The number of carbonyl (C=O) groups is 2. The number of benzene rings is 2. The normalized spacial score (nSPS) is 9.88. The third-order valence-electron chi connectivity index (χ3n) is 4.45. The van der Waals surface area contributed by atoms with Crippen molar-refractivity contribution in [3.8, 4) is 5.75 Å². The molecular formula is C24H34N4O4. The summed E-state index contributed by atoms with van der Waals surface area (Å²) >= 11 is 0. The Kier molecular flexibility index (Phi) is 12.2. The van der Waals surface area contributed by atoms with Gasteiger partial charge in [-0.05, 0) is 56.8 Å². The standard InChI is InChI=1S/C16H22N2O4.C8H12N2/c1-5-18(12(2)9-17-11-19)22-10-15-8-14(13(3)20)6-7-16(15)21-4;1-10-6-7-2-4-8(9)5-3-7/h6-8,11H,2,5,9-10H2,1,3-4H3,(H,17,19);2-5,10H,6,9H2,1H3. The van der Waals surface area contributed by atoms with Crippen LogP contribution in [0.15, 0.2) is 54.7 Å². The fraction of sp³-hybridized carbons (Fsp3) is 0.333. The second kappa shape index (κ2) is 14.6. The van der Waals surface area contributed by atoms with Crippen LogP contribution in [-0.4, -0.2) is 44.5 Å². The zero-order valence-corrected chi connectivity index (χ0v) is 19.3. The molecule has 32 heavy (non-hydrogen) atoms. The number of hydroxylamine groups is 2. The van der Waals surface area contributed by atoms with Gasteiger partial charge in [-0.25, -0.2) is 0 Å². The van der Waals surface area contributed by atoms with Crippen LogP contribution in [0.4, 0.5) is 5.69 Å². The average molecular weight is 443 g/mol. The summed E-state index contributed by atoms with van der Waals surface area (Å²) in [5, 5.41) is 7.19. The lowest BCUT2D eigenvalue weighted by molar-refractivity contribution is -0.140. The number of nitrogen functional groups attached to an aromatic ring is 1. The predicted molar refractivity (Wildman–Crippen MR) is 127 cm³/mol. The third-order valence-corrected chi connectivity index (χ3v) is 4.45. The van der Waals surface area contributed by atoms with Gasteiger partial charge in [-0.15, -0.1) is 0 Å². The van der Waals surface area contributed by atoms with E-state index >= 15 is 0 Å². The second-order valence-corrected chi connectivity index (χ2v) is 6.89. The summed E-state index contributed by atoms with van der Waals surface area (Å²) in [7, 11) is 3.49. The van der Waals surface area contributed by atoms with Crippen LogP contribution in [0.3, 0.4) is 0 Å². The molecule has 0 saturated carbocycles. The number of nitrogens with two attached hydrogens (primary N) is 1. The van der Waals surface area contributed by atoms with Gasteiger partial charge in [0, 0.05) is 29.9 Å². The van der Waals surface area contributed by atoms with Crippen molar-refractivity contribution in [1.29, 1.82) is 0 Å². The molecule has 0 atom stereocenters. The Morgan fingerprint density at radius 3 is 2.44 bits per heavy atom. The van der Waals surface area contributed by atoms with Crippen LogP contribution in [0, 0.1) is 0 Å². The third kappa shape index (κ3) is 9.20. The lowest BCUT2D eigenvalue weighted by Gasteiger charge is -2.24. The molecule has 8 heteroatoms. The molecule has 0 heterocycles. The van der Waals surface area contributed by atoms with Crippen molar-refractivity contribution in [2.45, 2.75) is 27.0 Å². The fourth-order valence-electron chi connectivity index (χ4n) is 2.75. The molecule has 0 fully saturated rings. The van der Waals surface area contributed by atoms with Gasteiger partial charge in [0.2, 0.25) is 6.41 Å². The maximum absolute atomic E-state index is 11.5. The maximum Gasteiger partial charge on any atom is 0.207 e. The topological polar surface area (TPSA) is 106 Å². The molecule has 0 aliphatic carbocycles. The van der Waals surface area contributed by atoms with E-state index in [-0.39, 0.29) is 12.4 Å². The second-order valence-electron chi connectivity index (χ2n) is 6.89. The molecule has 0 spiro atoms. The molecule has 0 bridgehead atoms. The Hall–Kier alpha value is -3.36. The molecule has 2 aromatic carbocycles. The molecule has 0 aliphatic rings. The van der Waals surface area contributed by atoms with E-state index in [4.69, 9.17) is 15.3 Å². The van der Waals surface area contributed by atoms with Gasteiger partial charge in [-0.1, -0.05) is 18.7 Å². The maximum atomic E-state index is 11.5. The van der Waals surface area contributed by atoms with Gasteiger partial charge in [0.1, 0.15) is 12.4 Å². The molecule has 1 amide bonds. The zero-order valence-electron chi connectivity index (χ0n) is 19.3. The Morgan fingerprint density at radius 2 is 1.91 bits per heavy atom. The van der Waals surface area contributed by atoms with Crippen LogP contribution in [0.2, 0.25) is 0 Å². The molecule has 2 rings (SSSR count). The molecule has 4 N–H and O–H groups in total. The summed E-state index contributed by atoms with van der Waals surface area (Å²) in [5.41, 5.74) is 9.59. The van der Waals surface area contributed by atoms with Crippen LogP contribution >= 0.6 is 0 Å². The van der Waals surface area contributed by atoms with Crippen molar-refractivity contribution in [3.63, 3.8) is 0 Å². The Bertz CT molecular complexity index is 869. The van der Waals surface area contributed by atoms with Crippen molar-refractivity contribution in [2.75, 3.05) is 33.0 Å². The van der Waals surface area contributed by atoms with E-state index < -0.39 is 0 Å². The number of carbonyl (C=O) groups excluding carboxylic acids is 2. The Labute approximate surface area is 190 Å². The summed E-state index contributed by atoms with van der Waals surface area (Å²) in [6.45, 7) is 9.30. The van der Waals surface area contributed by atoms with E-state index in [1.165, 1.54) is 12.5 Å². The molecule has 0 saturated heterocycles. The van der Waals surface area contributed by atoms with Crippen LogP contribution in [0.1, 0.15) is 35.3 Å². The molecule has 0 aliphatic heterocycles. The number of rotatable bonds is 12. The van der Waals surface area contributed by atoms with Gasteiger partial charge < -0.3 is 21.1 Å². The predicted octanol–water partition coefficient (Wildman–Crippen LogP) is 2.90. The number of likely N-dealkylation sites (N-methyl/N-ethyl adjacent to an activating group) is 1. The van der Waals surface area contributed by atoms with Crippen molar-refractivity contribution >= 4 is 17.9 Å². The van der Waals surface area contributed by atoms with E-state index in [0.29, 0.717) is 36.5 Å². The highest BCUT2D eigenvalue weighted by Crippen LogP contribution is 2.22. The monoisotopic (exact) mass is 442 g/mol. The first-order valence-corrected chi connectivity index (χ1v) is 10.3. The summed E-state index contributed by atoms with van der Waals surface area (Å²) in [6, 6.07) is 13.1. The molecule has 0 radical (unpaired) electrons.